The summed E-state index contributed by atoms with van der Waals surface area (Å²) in [6.45, 7) is 3.04. The Hall–Kier alpha value is -3.20. The summed E-state index contributed by atoms with van der Waals surface area (Å²) in [5.74, 6) is 0.624. The van der Waals surface area contributed by atoms with Crippen LogP contribution < -0.4 is 20.1 Å². The van der Waals surface area contributed by atoms with Gasteiger partial charge in [0.2, 0.25) is 0 Å². The van der Waals surface area contributed by atoms with Crippen molar-refractivity contribution in [3.05, 3.63) is 63.7 Å². The number of methoxy groups -OCH3 is 1. The highest BCUT2D eigenvalue weighted by Crippen LogP contribution is 2.28. The number of hydrogen-bond acceptors (Lipinski definition) is 6. The molecule has 1 amide bonds. The van der Waals surface area contributed by atoms with Gasteiger partial charge >= 0.3 is 0 Å². The lowest BCUT2D eigenvalue weighted by molar-refractivity contribution is -0.385. The molecule has 2 aromatic carbocycles. The average Bonchev–Trinajstić information content (AvgIpc) is 2.72. The van der Waals surface area contributed by atoms with Crippen molar-refractivity contribution in [3.63, 3.8) is 0 Å². The fourth-order valence-corrected chi connectivity index (χ4v) is 2.65. The summed E-state index contributed by atoms with van der Waals surface area (Å²) in [5, 5.41) is 16.5. The summed E-state index contributed by atoms with van der Waals surface area (Å²) < 4.78 is 11.1. The maximum Gasteiger partial charge on any atom is 0.282 e. The lowest BCUT2D eigenvalue weighted by Gasteiger charge is -2.13. The predicted octanol–water partition coefficient (Wildman–Crippen LogP) is 3.59. The minimum Gasteiger partial charge on any atom is -0.493 e. The molecule has 8 nitrogen and oxygen atoms in total. The Morgan fingerprint density at radius 1 is 1.21 bits per heavy atom. The molecule has 0 atom stereocenters. The zero-order valence-corrected chi connectivity index (χ0v) is 17.1. The van der Waals surface area contributed by atoms with Crippen LogP contribution in [0.4, 0.5) is 5.69 Å². The highest BCUT2D eigenvalue weighted by molar-refractivity contribution is 7.80. The number of benzene rings is 2. The number of para-hydroxylation sites is 1. The molecule has 2 N–H and O–H groups in total. The van der Waals surface area contributed by atoms with Gasteiger partial charge in [0, 0.05) is 12.6 Å². The Kier molecular flexibility index (Phi) is 8.35. The van der Waals surface area contributed by atoms with Gasteiger partial charge in [0.1, 0.15) is 5.56 Å². The van der Waals surface area contributed by atoms with Crippen LogP contribution in [0.2, 0.25) is 0 Å². The third-order valence-electron chi connectivity index (χ3n) is 4.01. The van der Waals surface area contributed by atoms with Crippen molar-refractivity contribution < 1.29 is 19.2 Å². The van der Waals surface area contributed by atoms with Crippen molar-refractivity contribution >= 4 is 28.9 Å². The van der Waals surface area contributed by atoms with Crippen LogP contribution >= 0.6 is 12.2 Å². The van der Waals surface area contributed by atoms with Crippen LogP contribution in [-0.4, -0.2) is 29.7 Å². The molecule has 29 heavy (non-hydrogen) atoms. The first kappa shape index (κ1) is 22.1. The molecular formula is C20H23N3O5S. The SMILES string of the molecule is CCCCOc1ccc(CNC(=S)NC(=O)c2ccccc2[N+](=O)[O-])cc1OC. The van der Waals surface area contributed by atoms with E-state index in [0.29, 0.717) is 24.7 Å². The third-order valence-corrected chi connectivity index (χ3v) is 4.26. The molecular weight excluding hydrogens is 394 g/mol. The molecule has 0 aromatic heterocycles. The van der Waals surface area contributed by atoms with Gasteiger partial charge in [0.05, 0.1) is 18.6 Å². The van der Waals surface area contributed by atoms with Gasteiger partial charge < -0.3 is 14.8 Å². The van der Waals surface area contributed by atoms with Gasteiger partial charge in [-0.05, 0) is 42.4 Å². The number of nitro groups is 1. The Labute approximate surface area is 174 Å². The first-order valence-corrected chi connectivity index (χ1v) is 9.49. The zero-order chi connectivity index (χ0) is 21.2. The number of hydrogen-bond donors (Lipinski definition) is 2. The van der Waals surface area contributed by atoms with Crippen LogP contribution in [0.15, 0.2) is 42.5 Å². The molecule has 0 aliphatic carbocycles. The summed E-state index contributed by atoms with van der Waals surface area (Å²) in [7, 11) is 1.57. The lowest BCUT2D eigenvalue weighted by Crippen LogP contribution is -2.39. The van der Waals surface area contributed by atoms with Crippen LogP contribution in [0.3, 0.4) is 0 Å². The smallest absolute Gasteiger partial charge is 0.282 e. The van der Waals surface area contributed by atoms with Crippen molar-refractivity contribution in [1.82, 2.24) is 10.6 Å². The van der Waals surface area contributed by atoms with Crippen LogP contribution in [-0.2, 0) is 6.54 Å². The third kappa shape index (κ3) is 6.42. The quantitative estimate of drug-likeness (QED) is 0.278. The molecule has 154 valence electrons. The van der Waals surface area contributed by atoms with Crippen LogP contribution in [0.1, 0.15) is 35.7 Å². The molecule has 9 heteroatoms. The molecule has 0 spiro atoms. The number of ether oxygens (including phenoxy) is 2. The van der Waals surface area contributed by atoms with Gasteiger partial charge in [-0.3, -0.25) is 20.2 Å². The Morgan fingerprint density at radius 3 is 2.66 bits per heavy atom. The molecule has 0 unspecified atom stereocenters. The maximum atomic E-state index is 12.3. The topological polar surface area (TPSA) is 103 Å². The van der Waals surface area contributed by atoms with E-state index >= 15 is 0 Å². The van der Waals surface area contributed by atoms with Crippen LogP contribution in [0.25, 0.3) is 0 Å². The van der Waals surface area contributed by atoms with E-state index in [1.165, 1.54) is 18.2 Å². The largest absolute Gasteiger partial charge is 0.493 e. The number of carbonyl (C=O) groups excluding carboxylic acids is 1. The first-order chi connectivity index (χ1) is 14.0. The highest BCUT2D eigenvalue weighted by atomic mass is 32.1. The minimum atomic E-state index is -0.646. The molecule has 0 saturated carbocycles. The van der Waals surface area contributed by atoms with Gasteiger partial charge in [0.15, 0.2) is 16.6 Å². The van der Waals surface area contributed by atoms with Gasteiger partial charge in [-0.25, -0.2) is 0 Å². The number of carbonyl (C=O) groups is 1. The fourth-order valence-electron chi connectivity index (χ4n) is 2.49. The Morgan fingerprint density at radius 2 is 1.97 bits per heavy atom. The molecule has 0 radical (unpaired) electrons. The summed E-state index contributed by atoms with van der Waals surface area (Å²) >= 11 is 5.13. The average molecular weight is 417 g/mol. The van der Waals surface area contributed by atoms with Crippen molar-refractivity contribution in [2.24, 2.45) is 0 Å². The van der Waals surface area contributed by atoms with Gasteiger partial charge in [-0.15, -0.1) is 0 Å². The summed E-state index contributed by atoms with van der Waals surface area (Å²) in [6, 6.07) is 11.2. The first-order valence-electron chi connectivity index (χ1n) is 9.08. The maximum absolute atomic E-state index is 12.3. The number of nitrogens with one attached hydrogen (secondary N) is 2. The zero-order valence-electron chi connectivity index (χ0n) is 16.3. The molecule has 2 rings (SSSR count). The number of rotatable bonds is 9. The van der Waals surface area contributed by atoms with E-state index in [2.05, 4.69) is 17.6 Å². The Bertz CT molecular complexity index is 888. The normalized spacial score (nSPS) is 10.1. The number of unbranched alkanes of at least 4 members (excludes halogenated alkanes) is 1. The van der Waals surface area contributed by atoms with Crippen molar-refractivity contribution in [2.45, 2.75) is 26.3 Å². The number of amides is 1. The van der Waals surface area contributed by atoms with E-state index < -0.39 is 10.8 Å². The van der Waals surface area contributed by atoms with E-state index in [-0.39, 0.29) is 16.4 Å². The van der Waals surface area contributed by atoms with Gasteiger partial charge in [-0.2, -0.15) is 0 Å². The van der Waals surface area contributed by atoms with E-state index in [1.807, 2.05) is 18.2 Å². The second-order valence-corrected chi connectivity index (χ2v) is 6.51. The predicted molar refractivity (Wildman–Crippen MR) is 113 cm³/mol. The van der Waals surface area contributed by atoms with Crippen molar-refractivity contribution in [3.8, 4) is 11.5 Å². The lowest BCUT2D eigenvalue weighted by atomic mass is 10.1. The minimum absolute atomic E-state index is 0.0584. The van der Waals surface area contributed by atoms with Gasteiger partial charge in [-0.1, -0.05) is 31.5 Å². The summed E-state index contributed by atoms with van der Waals surface area (Å²) in [5.41, 5.74) is 0.528. The second-order valence-electron chi connectivity index (χ2n) is 6.10. The van der Waals surface area contributed by atoms with Crippen molar-refractivity contribution in [2.75, 3.05) is 13.7 Å². The van der Waals surface area contributed by atoms with Crippen LogP contribution in [0.5, 0.6) is 11.5 Å². The van der Waals surface area contributed by atoms with Gasteiger partial charge in [0.25, 0.3) is 11.6 Å². The standard InChI is InChI=1S/C20H23N3O5S/c1-3-4-11-28-17-10-9-14(12-18(17)27-2)13-21-20(29)22-19(24)15-7-5-6-8-16(15)23(25)26/h5-10,12H,3-4,11,13H2,1-2H3,(H2,21,22,24,29). The van der Waals surface area contributed by atoms with E-state index in [9.17, 15) is 14.9 Å². The van der Waals surface area contributed by atoms with Crippen molar-refractivity contribution in [1.29, 1.82) is 0 Å². The Balaban J connectivity index is 1.95. The number of nitrogens with zero attached hydrogens (tertiary/aromatic N) is 1. The number of nitro benzene ring substituents is 1. The van der Waals surface area contributed by atoms with Crippen LogP contribution in [0, 0.1) is 10.1 Å². The summed E-state index contributed by atoms with van der Waals surface area (Å²) in [4.78, 5) is 22.7. The molecule has 0 aliphatic rings. The monoisotopic (exact) mass is 417 g/mol. The van der Waals surface area contributed by atoms with E-state index in [0.717, 1.165) is 18.4 Å². The molecule has 0 saturated heterocycles. The molecule has 0 aliphatic heterocycles. The molecule has 0 bridgehead atoms. The molecule has 2 aromatic rings. The molecule has 0 fully saturated rings. The fraction of sp³-hybridized carbons (Fsp3) is 0.300. The highest BCUT2D eigenvalue weighted by Gasteiger charge is 2.19. The molecule has 0 heterocycles. The van der Waals surface area contributed by atoms with E-state index in [1.54, 1.807) is 13.2 Å². The van der Waals surface area contributed by atoms with E-state index in [4.69, 9.17) is 21.7 Å². The second kappa shape index (κ2) is 11.0. The summed E-state index contributed by atoms with van der Waals surface area (Å²) in [6.07, 6.45) is 2.00. The number of thiocarbonyl (C=S) groups is 1.